The highest BCUT2D eigenvalue weighted by atomic mass is 35.5. The third-order valence-corrected chi connectivity index (χ3v) is 5.03. The van der Waals surface area contributed by atoms with E-state index in [1.54, 1.807) is 52.3 Å². The van der Waals surface area contributed by atoms with Gasteiger partial charge in [-0.2, -0.15) is 0 Å². The summed E-state index contributed by atoms with van der Waals surface area (Å²) in [7, 11) is 0. The van der Waals surface area contributed by atoms with Crippen LogP contribution in [0.1, 0.15) is 27.1 Å². The van der Waals surface area contributed by atoms with Gasteiger partial charge in [0.2, 0.25) is 6.79 Å². The maximum absolute atomic E-state index is 12.8. The fraction of sp³-hybridized carbons (Fsp3) is 0.300. The lowest BCUT2D eigenvalue weighted by molar-refractivity contribution is 0.0718. The molecule has 27 heavy (non-hydrogen) atoms. The molecule has 2 amide bonds. The number of rotatable bonds is 2. The van der Waals surface area contributed by atoms with Crippen molar-refractivity contribution in [1.29, 1.82) is 0 Å². The van der Waals surface area contributed by atoms with E-state index < -0.39 is 0 Å². The first-order chi connectivity index (χ1) is 13.1. The lowest BCUT2D eigenvalue weighted by Crippen LogP contribution is -2.37. The summed E-state index contributed by atoms with van der Waals surface area (Å²) in [6.45, 7) is 2.40. The summed E-state index contributed by atoms with van der Waals surface area (Å²) < 4.78 is 10.6. The van der Waals surface area contributed by atoms with Gasteiger partial charge in [0.1, 0.15) is 0 Å². The molecule has 2 aromatic carbocycles. The zero-order valence-corrected chi connectivity index (χ0v) is 15.4. The molecule has 2 aliphatic heterocycles. The van der Waals surface area contributed by atoms with Crippen LogP contribution < -0.4 is 9.47 Å². The molecule has 0 saturated carbocycles. The Morgan fingerprint density at radius 2 is 1.37 bits per heavy atom. The van der Waals surface area contributed by atoms with Gasteiger partial charge in [-0.25, -0.2) is 0 Å². The zero-order chi connectivity index (χ0) is 18.8. The molecule has 140 valence electrons. The molecule has 7 heteroatoms. The van der Waals surface area contributed by atoms with Crippen molar-refractivity contribution in [3.63, 3.8) is 0 Å². The van der Waals surface area contributed by atoms with Gasteiger partial charge in [-0.3, -0.25) is 9.59 Å². The summed E-state index contributed by atoms with van der Waals surface area (Å²) in [4.78, 5) is 29.1. The van der Waals surface area contributed by atoms with Crippen molar-refractivity contribution in [1.82, 2.24) is 9.80 Å². The van der Waals surface area contributed by atoms with E-state index in [9.17, 15) is 9.59 Å². The average Bonchev–Trinajstić information content (AvgIpc) is 3.02. The molecular formula is C20H19ClN2O4. The summed E-state index contributed by atoms with van der Waals surface area (Å²) >= 11 is 5.89. The number of amides is 2. The standard InChI is InChI=1S/C20H19ClN2O4/c21-16-5-2-14(3-6-16)19(24)22-8-1-9-23(11-10-22)20(25)15-4-7-17-18(12-15)27-13-26-17/h2-7,12H,1,8-11,13H2. The van der Waals surface area contributed by atoms with Crippen molar-refractivity contribution < 1.29 is 19.1 Å². The monoisotopic (exact) mass is 386 g/mol. The van der Waals surface area contributed by atoms with Gasteiger partial charge in [-0.05, 0) is 48.9 Å². The fourth-order valence-corrected chi connectivity index (χ4v) is 3.44. The smallest absolute Gasteiger partial charge is 0.254 e. The van der Waals surface area contributed by atoms with Gasteiger partial charge in [0.25, 0.3) is 11.8 Å². The number of hydrogen-bond acceptors (Lipinski definition) is 4. The highest BCUT2D eigenvalue weighted by Crippen LogP contribution is 2.32. The minimum Gasteiger partial charge on any atom is -0.454 e. The normalized spacial score (nSPS) is 16.2. The van der Waals surface area contributed by atoms with Gasteiger partial charge in [-0.15, -0.1) is 0 Å². The summed E-state index contributed by atoms with van der Waals surface area (Å²) in [5, 5.41) is 0.600. The van der Waals surface area contributed by atoms with E-state index in [1.807, 2.05) is 0 Å². The molecule has 0 aromatic heterocycles. The third-order valence-electron chi connectivity index (χ3n) is 4.78. The average molecular weight is 387 g/mol. The van der Waals surface area contributed by atoms with Crippen LogP contribution in [0.5, 0.6) is 11.5 Å². The van der Waals surface area contributed by atoms with Crippen molar-refractivity contribution in [3.05, 3.63) is 58.6 Å². The molecule has 4 rings (SSSR count). The minimum atomic E-state index is -0.0610. The molecule has 0 N–H and O–H groups in total. The molecule has 0 spiro atoms. The topological polar surface area (TPSA) is 59.1 Å². The predicted octanol–water partition coefficient (Wildman–Crippen LogP) is 3.06. The van der Waals surface area contributed by atoms with E-state index >= 15 is 0 Å². The Kier molecular flexibility index (Phi) is 4.90. The van der Waals surface area contributed by atoms with Gasteiger partial charge in [0.15, 0.2) is 11.5 Å². The van der Waals surface area contributed by atoms with E-state index in [2.05, 4.69) is 0 Å². The molecule has 0 aliphatic carbocycles. The van der Waals surface area contributed by atoms with Crippen LogP contribution in [0.25, 0.3) is 0 Å². The van der Waals surface area contributed by atoms with Crippen LogP contribution in [0, 0.1) is 0 Å². The van der Waals surface area contributed by atoms with Crippen LogP contribution in [-0.4, -0.2) is 54.6 Å². The second-order valence-electron chi connectivity index (χ2n) is 6.51. The number of hydrogen-bond donors (Lipinski definition) is 0. The van der Waals surface area contributed by atoms with E-state index in [-0.39, 0.29) is 18.6 Å². The largest absolute Gasteiger partial charge is 0.454 e. The molecule has 0 atom stereocenters. The molecule has 2 aliphatic rings. The number of halogens is 1. The molecule has 0 bridgehead atoms. The third kappa shape index (κ3) is 3.71. The second kappa shape index (κ2) is 7.48. The molecule has 1 saturated heterocycles. The fourth-order valence-electron chi connectivity index (χ4n) is 3.31. The zero-order valence-electron chi connectivity index (χ0n) is 14.7. The Bertz CT molecular complexity index is 869. The molecule has 2 aromatic rings. The molecule has 2 heterocycles. The lowest BCUT2D eigenvalue weighted by Gasteiger charge is -2.22. The van der Waals surface area contributed by atoms with E-state index in [0.717, 1.165) is 6.42 Å². The Labute approximate surface area is 162 Å². The van der Waals surface area contributed by atoms with Gasteiger partial charge in [-0.1, -0.05) is 11.6 Å². The quantitative estimate of drug-likeness (QED) is 0.796. The number of carbonyl (C=O) groups is 2. The predicted molar refractivity (Wildman–Crippen MR) is 100 cm³/mol. The summed E-state index contributed by atoms with van der Waals surface area (Å²) in [5.41, 5.74) is 1.17. The number of carbonyl (C=O) groups excluding carboxylic acids is 2. The van der Waals surface area contributed by atoms with Crippen LogP contribution in [0.15, 0.2) is 42.5 Å². The van der Waals surface area contributed by atoms with Gasteiger partial charge < -0.3 is 19.3 Å². The first kappa shape index (κ1) is 17.7. The molecule has 0 unspecified atom stereocenters. The van der Waals surface area contributed by atoms with Gasteiger partial charge in [0.05, 0.1) is 0 Å². The first-order valence-corrected chi connectivity index (χ1v) is 9.23. The van der Waals surface area contributed by atoms with E-state index in [1.165, 1.54) is 0 Å². The van der Waals surface area contributed by atoms with Crippen molar-refractivity contribution in [3.8, 4) is 11.5 Å². The van der Waals surface area contributed by atoms with Crippen LogP contribution in [0.2, 0.25) is 5.02 Å². The molecule has 1 fully saturated rings. The SMILES string of the molecule is O=C(c1ccc(Cl)cc1)N1CCCN(C(=O)c2ccc3c(c2)OCO3)CC1. The Morgan fingerprint density at radius 1 is 0.778 bits per heavy atom. The lowest BCUT2D eigenvalue weighted by atomic mass is 10.1. The summed E-state index contributed by atoms with van der Waals surface area (Å²) in [6.07, 6.45) is 0.732. The van der Waals surface area contributed by atoms with Crippen LogP contribution >= 0.6 is 11.6 Å². The van der Waals surface area contributed by atoms with Crippen molar-refractivity contribution in [2.75, 3.05) is 33.0 Å². The Balaban J connectivity index is 1.43. The highest BCUT2D eigenvalue weighted by Gasteiger charge is 2.25. The number of benzene rings is 2. The van der Waals surface area contributed by atoms with Crippen LogP contribution in [-0.2, 0) is 0 Å². The van der Waals surface area contributed by atoms with Crippen LogP contribution in [0.3, 0.4) is 0 Å². The number of ether oxygens (including phenoxy) is 2. The van der Waals surface area contributed by atoms with Crippen molar-refractivity contribution >= 4 is 23.4 Å². The van der Waals surface area contributed by atoms with Crippen LogP contribution in [0.4, 0.5) is 0 Å². The summed E-state index contributed by atoms with van der Waals surface area (Å²) in [6, 6.07) is 12.1. The minimum absolute atomic E-state index is 0.0379. The number of fused-ring (bicyclic) bond motifs is 1. The molecular weight excluding hydrogens is 368 g/mol. The summed E-state index contributed by atoms with van der Waals surface area (Å²) in [5.74, 6) is 1.15. The van der Waals surface area contributed by atoms with Gasteiger partial charge in [0, 0.05) is 42.3 Å². The van der Waals surface area contributed by atoms with Crippen molar-refractivity contribution in [2.45, 2.75) is 6.42 Å². The van der Waals surface area contributed by atoms with E-state index in [0.29, 0.717) is 53.8 Å². The second-order valence-corrected chi connectivity index (χ2v) is 6.95. The van der Waals surface area contributed by atoms with E-state index in [4.69, 9.17) is 21.1 Å². The van der Waals surface area contributed by atoms with Gasteiger partial charge >= 0.3 is 0 Å². The maximum Gasteiger partial charge on any atom is 0.254 e. The van der Waals surface area contributed by atoms with Crippen molar-refractivity contribution in [2.24, 2.45) is 0 Å². The molecule has 6 nitrogen and oxygen atoms in total. The highest BCUT2D eigenvalue weighted by molar-refractivity contribution is 6.30. The molecule has 0 radical (unpaired) electrons. The number of nitrogens with zero attached hydrogens (tertiary/aromatic N) is 2. The Hall–Kier alpha value is -2.73. The Morgan fingerprint density at radius 3 is 2.07 bits per heavy atom. The maximum atomic E-state index is 12.8. The first-order valence-electron chi connectivity index (χ1n) is 8.85.